The van der Waals surface area contributed by atoms with Gasteiger partial charge in [0.25, 0.3) is 0 Å². The molecule has 2 saturated heterocycles. The SMILES string of the molecule is CC(C)C(=O)N[C@H]1CCN(C[C@H]2CN(c3ccc(C#N)c4ncccc34)C[C@@H](C)O2)C1. The fraction of sp³-hybridized carbons (Fsp3) is 0.542. The van der Waals surface area contributed by atoms with Gasteiger partial charge in [-0.15, -0.1) is 0 Å². The van der Waals surface area contributed by atoms with Crippen LogP contribution in [0.4, 0.5) is 5.69 Å². The van der Waals surface area contributed by atoms with Crippen molar-refractivity contribution in [1.29, 1.82) is 5.26 Å². The lowest BCUT2D eigenvalue weighted by molar-refractivity contribution is -0.124. The molecule has 0 saturated carbocycles. The van der Waals surface area contributed by atoms with Crippen molar-refractivity contribution in [2.75, 3.05) is 37.6 Å². The average molecular weight is 422 g/mol. The first-order chi connectivity index (χ1) is 14.9. The number of rotatable bonds is 5. The summed E-state index contributed by atoms with van der Waals surface area (Å²) in [6.45, 7) is 10.3. The number of pyridine rings is 1. The van der Waals surface area contributed by atoms with Crippen LogP contribution in [-0.4, -0.2) is 66.8 Å². The monoisotopic (exact) mass is 421 g/mol. The van der Waals surface area contributed by atoms with Crippen LogP contribution in [0.3, 0.4) is 0 Å². The van der Waals surface area contributed by atoms with Crippen LogP contribution in [0.2, 0.25) is 0 Å². The van der Waals surface area contributed by atoms with Crippen LogP contribution < -0.4 is 10.2 Å². The van der Waals surface area contributed by atoms with Crippen molar-refractivity contribution in [3.8, 4) is 6.07 Å². The Balaban J connectivity index is 1.45. The van der Waals surface area contributed by atoms with Crippen molar-refractivity contribution in [2.24, 2.45) is 5.92 Å². The van der Waals surface area contributed by atoms with Crippen LogP contribution >= 0.6 is 0 Å². The second-order valence-corrected chi connectivity index (χ2v) is 9.03. The Morgan fingerprint density at radius 1 is 1.32 bits per heavy atom. The number of likely N-dealkylation sites (tertiary alicyclic amines) is 1. The summed E-state index contributed by atoms with van der Waals surface area (Å²) in [6.07, 6.45) is 2.92. The van der Waals surface area contributed by atoms with Gasteiger partial charge in [-0.05, 0) is 37.6 Å². The number of nitrogens with zero attached hydrogens (tertiary/aromatic N) is 4. The maximum Gasteiger partial charge on any atom is 0.222 e. The second kappa shape index (κ2) is 9.21. The van der Waals surface area contributed by atoms with Gasteiger partial charge in [0.15, 0.2) is 0 Å². The van der Waals surface area contributed by atoms with Crippen molar-refractivity contribution in [3.05, 3.63) is 36.0 Å². The smallest absolute Gasteiger partial charge is 0.222 e. The molecule has 4 rings (SSSR count). The van der Waals surface area contributed by atoms with E-state index in [9.17, 15) is 10.1 Å². The fourth-order valence-corrected chi connectivity index (χ4v) is 4.64. The zero-order valence-electron chi connectivity index (χ0n) is 18.5. The van der Waals surface area contributed by atoms with Gasteiger partial charge in [-0.2, -0.15) is 5.26 Å². The normalized spacial score (nSPS) is 24.5. The Morgan fingerprint density at radius 3 is 2.94 bits per heavy atom. The number of benzene rings is 1. The van der Waals surface area contributed by atoms with Crippen molar-refractivity contribution >= 4 is 22.5 Å². The number of nitriles is 1. The third-order valence-corrected chi connectivity index (χ3v) is 6.14. The molecular weight excluding hydrogens is 390 g/mol. The molecule has 1 N–H and O–H groups in total. The summed E-state index contributed by atoms with van der Waals surface area (Å²) in [7, 11) is 0. The number of aromatic nitrogens is 1. The van der Waals surface area contributed by atoms with E-state index in [0.29, 0.717) is 5.56 Å². The van der Waals surface area contributed by atoms with Gasteiger partial charge < -0.3 is 15.0 Å². The van der Waals surface area contributed by atoms with E-state index in [1.54, 1.807) is 6.20 Å². The topological polar surface area (TPSA) is 81.5 Å². The highest BCUT2D eigenvalue weighted by Gasteiger charge is 2.31. The van der Waals surface area contributed by atoms with E-state index in [1.165, 1.54) is 0 Å². The quantitative estimate of drug-likeness (QED) is 0.799. The van der Waals surface area contributed by atoms with E-state index in [2.05, 4.69) is 33.1 Å². The maximum absolute atomic E-state index is 12.0. The van der Waals surface area contributed by atoms with E-state index in [0.717, 1.165) is 55.7 Å². The number of nitrogens with one attached hydrogen (secondary N) is 1. The van der Waals surface area contributed by atoms with E-state index >= 15 is 0 Å². The predicted molar refractivity (Wildman–Crippen MR) is 121 cm³/mol. The van der Waals surface area contributed by atoms with Crippen LogP contribution in [0.1, 0.15) is 32.8 Å². The number of carbonyl (C=O) groups is 1. The zero-order chi connectivity index (χ0) is 22.0. The average Bonchev–Trinajstić information content (AvgIpc) is 3.18. The number of fused-ring (bicyclic) bond motifs is 1. The Kier molecular flexibility index (Phi) is 6.40. The minimum absolute atomic E-state index is 0.0156. The first kappa shape index (κ1) is 21.5. The molecule has 0 radical (unpaired) electrons. The molecule has 2 aromatic rings. The van der Waals surface area contributed by atoms with Gasteiger partial charge in [0, 0.05) is 62.0 Å². The molecule has 164 valence electrons. The van der Waals surface area contributed by atoms with Crippen molar-refractivity contribution in [2.45, 2.75) is 45.4 Å². The molecule has 2 aliphatic rings. The zero-order valence-corrected chi connectivity index (χ0v) is 18.5. The summed E-state index contributed by atoms with van der Waals surface area (Å²) < 4.78 is 6.27. The minimum Gasteiger partial charge on any atom is -0.370 e. The minimum atomic E-state index is 0.0156. The molecule has 0 unspecified atom stereocenters. The summed E-state index contributed by atoms with van der Waals surface area (Å²) in [5, 5.41) is 13.6. The summed E-state index contributed by atoms with van der Waals surface area (Å²) in [6, 6.07) is 10.3. The number of hydrogen-bond donors (Lipinski definition) is 1. The fourth-order valence-electron chi connectivity index (χ4n) is 4.64. The number of amides is 1. The summed E-state index contributed by atoms with van der Waals surface area (Å²) in [4.78, 5) is 21.2. The number of hydrogen-bond acceptors (Lipinski definition) is 6. The molecule has 0 spiro atoms. The van der Waals surface area contributed by atoms with Gasteiger partial charge in [-0.1, -0.05) is 13.8 Å². The largest absolute Gasteiger partial charge is 0.370 e. The maximum atomic E-state index is 12.0. The molecule has 1 aromatic carbocycles. The molecule has 0 aliphatic carbocycles. The highest BCUT2D eigenvalue weighted by Crippen LogP contribution is 2.30. The summed E-state index contributed by atoms with van der Waals surface area (Å²) in [5.41, 5.74) is 2.45. The molecule has 31 heavy (non-hydrogen) atoms. The van der Waals surface area contributed by atoms with Crippen molar-refractivity contribution in [3.63, 3.8) is 0 Å². The highest BCUT2D eigenvalue weighted by atomic mass is 16.5. The Morgan fingerprint density at radius 2 is 2.16 bits per heavy atom. The molecule has 2 fully saturated rings. The van der Waals surface area contributed by atoms with E-state index in [4.69, 9.17) is 4.74 Å². The standard InChI is InChI=1S/C24H31N5O2/c1-16(2)24(30)27-19-8-10-28(13-19)14-20-15-29(12-17(3)31-20)22-7-6-18(11-25)23-21(22)5-4-9-26-23/h4-7,9,16-17,19-20H,8,10,12-15H2,1-3H3,(H,27,30)/t17-,19+,20+/m1/s1. The van der Waals surface area contributed by atoms with Crippen molar-refractivity contribution < 1.29 is 9.53 Å². The van der Waals surface area contributed by atoms with E-state index < -0.39 is 0 Å². The lowest BCUT2D eigenvalue weighted by Crippen LogP contribution is -2.51. The molecule has 0 bridgehead atoms. The summed E-state index contributed by atoms with van der Waals surface area (Å²) in [5.74, 6) is 0.142. The van der Waals surface area contributed by atoms with Gasteiger partial charge in [-0.25, -0.2) is 0 Å². The van der Waals surface area contributed by atoms with Gasteiger partial charge in [-0.3, -0.25) is 14.7 Å². The van der Waals surface area contributed by atoms with Crippen LogP contribution in [-0.2, 0) is 9.53 Å². The number of anilines is 1. The van der Waals surface area contributed by atoms with Crippen LogP contribution in [0.5, 0.6) is 0 Å². The molecule has 3 heterocycles. The van der Waals surface area contributed by atoms with Gasteiger partial charge in [0.05, 0.1) is 23.3 Å². The number of morpholine rings is 1. The first-order valence-electron chi connectivity index (χ1n) is 11.2. The third kappa shape index (κ3) is 4.81. The predicted octanol–water partition coefficient (Wildman–Crippen LogP) is 2.55. The van der Waals surface area contributed by atoms with E-state index in [-0.39, 0.29) is 30.1 Å². The molecule has 2 aliphatic heterocycles. The molecule has 1 aromatic heterocycles. The van der Waals surface area contributed by atoms with Crippen LogP contribution in [0.25, 0.3) is 10.9 Å². The third-order valence-electron chi connectivity index (χ3n) is 6.14. The second-order valence-electron chi connectivity index (χ2n) is 9.03. The highest BCUT2D eigenvalue weighted by molar-refractivity contribution is 5.95. The molecular formula is C24H31N5O2. The van der Waals surface area contributed by atoms with E-state index in [1.807, 2.05) is 38.1 Å². The molecule has 7 nitrogen and oxygen atoms in total. The van der Waals surface area contributed by atoms with Crippen molar-refractivity contribution in [1.82, 2.24) is 15.2 Å². The molecule has 1 amide bonds. The van der Waals surface area contributed by atoms with Crippen LogP contribution in [0.15, 0.2) is 30.5 Å². The van der Waals surface area contributed by atoms with Gasteiger partial charge >= 0.3 is 0 Å². The Labute approximate surface area is 184 Å². The number of ether oxygens (including phenoxy) is 1. The van der Waals surface area contributed by atoms with Crippen LogP contribution in [0, 0.1) is 17.2 Å². The molecule has 7 heteroatoms. The first-order valence-corrected chi connectivity index (χ1v) is 11.2. The van der Waals surface area contributed by atoms with Gasteiger partial charge in [0.2, 0.25) is 5.91 Å². The Bertz CT molecular complexity index is 986. The number of carbonyl (C=O) groups excluding carboxylic acids is 1. The lowest BCUT2D eigenvalue weighted by Gasteiger charge is -2.40. The molecule has 3 atom stereocenters. The lowest BCUT2D eigenvalue weighted by atomic mass is 10.1. The Hall–Kier alpha value is -2.69. The summed E-state index contributed by atoms with van der Waals surface area (Å²) >= 11 is 0. The van der Waals surface area contributed by atoms with Gasteiger partial charge in [0.1, 0.15) is 6.07 Å².